The van der Waals surface area contributed by atoms with Crippen LogP contribution in [0.2, 0.25) is 19.6 Å². The molecule has 3 heteroatoms. The van der Waals surface area contributed by atoms with Gasteiger partial charge in [-0.25, -0.2) is 0 Å². The molecule has 0 aromatic carbocycles. The van der Waals surface area contributed by atoms with Crippen LogP contribution in [-0.4, -0.2) is 30.5 Å². The van der Waals surface area contributed by atoms with Crippen LogP contribution >= 0.6 is 0 Å². The van der Waals surface area contributed by atoms with Crippen LogP contribution < -0.4 is 0 Å². The number of hydrogen-bond donors (Lipinski definition) is 2. The molecule has 1 saturated carbocycles. The Labute approximate surface area is 130 Å². The number of aliphatic hydroxyl groups excluding tert-OH is 2. The number of allylic oxidation sites excluding steroid dienone is 1. The highest BCUT2D eigenvalue weighted by Gasteiger charge is 2.48. The quantitative estimate of drug-likeness (QED) is 0.466. The maximum atomic E-state index is 10.5. The van der Waals surface area contributed by atoms with Crippen LogP contribution in [0.5, 0.6) is 0 Å². The molecule has 3 unspecified atom stereocenters. The van der Waals surface area contributed by atoms with Crippen LogP contribution in [0, 0.1) is 28.7 Å². The van der Waals surface area contributed by atoms with Gasteiger partial charge in [-0.05, 0) is 37.0 Å². The Hall–Kier alpha value is -0.563. The zero-order valence-corrected chi connectivity index (χ0v) is 15.1. The Morgan fingerprint density at radius 3 is 2.67 bits per heavy atom. The molecule has 2 aliphatic rings. The molecule has 21 heavy (non-hydrogen) atoms. The third-order valence-electron chi connectivity index (χ3n) is 5.29. The van der Waals surface area contributed by atoms with E-state index < -0.39 is 14.2 Å². The summed E-state index contributed by atoms with van der Waals surface area (Å²) in [7, 11) is -1.45. The van der Waals surface area contributed by atoms with Crippen LogP contribution in [0.25, 0.3) is 0 Å². The van der Waals surface area contributed by atoms with Crippen molar-refractivity contribution in [3.05, 3.63) is 11.6 Å². The topological polar surface area (TPSA) is 40.5 Å². The Kier molecular flexibility index (Phi) is 4.73. The van der Waals surface area contributed by atoms with E-state index in [1.165, 1.54) is 5.57 Å². The molecule has 0 heterocycles. The van der Waals surface area contributed by atoms with Gasteiger partial charge in [0.1, 0.15) is 14.2 Å². The molecule has 0 aromatic rings. The SMILES string of the molecule is C[C@H](C1=CCC2C(O)CCC[C@]12C)C(O)C#C[Si](C)(C)C. The van der Waals surface area contributed by atoms with Crippen LogP contribution in [0.1, 0.15) is 39.5 Å². The molecule has 0 saturated heterocycles. The van der Waals surface area contributed by atoms with Crippen molar-refractivity contribution in [2.24, 2.45) is 17.3 Å². The first-order valence-corrected chi connectivity index (χ1v) is 11.7. The molecule has 0 spiro atoms. The van der Waals surface area contributed by atoms with E-state index in [-0.39, 0.29) is 17.4 Å². The van der Waals surface area contributed by atoms with Crippen molar-refractivity contribution in [2.45, 2.75) is 71.4 Å². The highest BCUT2D eigenvalue weighted by atomic mass is 28.3. The lowest BCUT2D eigenvalue weighted by molar-refractivity contribution is 0.00498. The van der Waals surface area contributed by atoms with Gasteiger partial charge in [-0.1, -0.05) is 51.1 Å². The molecule has 5 atom stereocenters. The van der Waals surface area contributed by atoms with E-state index >= 15 is 0 Å². The minimum atomic E-state index is -1.45. The van der Waals surface area contributed by atoms with Gasteiger partial charge in [0.25, 0.3) is 0 Å². The lowest BCUT2D eigenvalue weighted by atomic mass is 9.63. The standard InChI is InChI=1S/C18H30O2Si/c1-13(16(19)10-12-21(3,4)5)14-8-9-15-17(20)7-6-11-18(14,15)2/h8,13,15-17,19-20H,6-7,9,11H2,1-5H3/t13-,15?,16?,17?,18-/m1/s1. The van der Waals surface area contributed by atoms with Gasteiger partial charge in [0.2, 0.25) is 0 Å². The number of aliphatic hydroxyl groups is 2. The molecular weight excluding hydrogens is 276 g/mol. The smallest absolute Gasteiger partial charge is 0.129 e. The normalized spacial score (nSPS) is 35.3. The number of hydrogen-bond acceptors (Lipinski definition) is 2. The zero-order chi connectivity index (χ0) is 15.8. The third kappa shape index (κ3) is 3.44. The molecule has 0 bridgehead atoms. The monoisotopic (exact) mass is 306 g/mol. The van der Waals surface area contributed by atoms with E-state index in [0.717, 1.165) is 25.7 Å². The van der Waals surface area contributed by atoms with Crippen LogP contribution in [0.4, 0.5) is 0 Å². The summed E-state index contributed by atoms with van der Waals surface area (Å²) in [6, 6.07) is 0. The Bertz CT molecular complexity index is 480. The predicted molar refractivity (Wildman–Crippen MR) is 90.4 cm³/mol. The molecule has 2 nitrogen and oxygen atoms in total. The first-order chi connectivity index (χ1) is 9.65. The first-order valence-electron chi connectivity index (χ1n) is 8.24. The minimum Gasteiger partial charge on any atom is -0.393 e. The van der Waals surface area contributed by atoms with Crippen molar-refractivity contribution < 1.29 is 10.2 Å². The predicted octanol–water partition coefficient (Wildman–Crippen LogP) is 3.36. The first kappa shape index (κ1) is 16.8. The molecule has 0 aliphatic heterocycles. The molecular formula is C18H30O2Si. The minimum absolute atomic E-state index is 0.0545. The molecule has 1 fully saturated rings. The molecule has 0 radical (unpaired) electrons. The van der Waals surface area contributed by atoms with Crippen molar-refractivity contribution in [1.29, 1.82) is 0 Å². The van der Waals surface area contributed by atoms with Crippen molar-refractivity contribution in [3.63, 3.8) is 0 Å². The molecule has 118 valence electrons. The third-order valence-corrected chi connectivity index (χ3v) is 6.18. The summed E-state index contributed by atoms with van der Waals surface area (Å²) in [6.07, 6.45) is 5.57. The van der Waals surface area contributed by atoms with Crippen molar-refractivity contribution in [2.75, 3.05) is 0 Å². The molecule has 0 amide bonds. The van der Waals surface area contributed by atoms with Gasteiger partial charge in [0.15, 0.2) is 0 Å². The van der Waals surface area contributed by atoms with Crippen molar-refractivity contribution in [1.82, 2.24) is 0 Å². The molecule has 0 aromatic heterocycles. The highest BCUT2D eigenvalue weighted by molar-refractivity contribution is 6.83. The molecule has 2 N–H and O–H groups in total. The van der Waals surface area contributed by atoms with E-state index in [1.54, 1.807) is 0 Å². The van der Waals surface area contributed by atoms with Crippen LogP contribution in [0.15, 0.2) is 11.6 Å². The second-order valence-corrected chi connectivity index (χ2v) is 12.9. The van der Waals surface area contributed by atoms with Gasteiger partial charge < -0.3 is 10.2 Å². The average Bonchev–Trinajstić information content (AvgIpc) is 2.73. The lowest BCUT2D eigenvalue weighted by Crippen LogP contribution is -2.40. The second-order valence-electron chi connectivity index (χ2n) is 8.13. The fourth-order valence-electron chi connectivity index (χ4n) is 4.04. The summed E-state index contributed by atoms with van der Waals surface area (Å²) in [6.45, 7) is 10.9. The summed E-state index contributed by atoms with van der Waals surface area (Å²) in [5.74, 6) is 3.49. The average molecular weight is 307 g/mol. The van der Waals surface area contributed by atoms with Gasteiger partial charge in [0, 0.05) is 5.92 Å². The lowest BCUT2D eigenvalue weighted by Gasteiger charge is -2.43. The Balaban J connectivity index is 2.16. The van der Waals surface area contributed by atoms with Gasteiger partial charge >= 0.3 is 0 Å². The van der Waals surface area contributed by atoms with Crippen LogP contribution in [-0.2, 0) is 0 Å². The van der Waals surface area contributed by atoms with Crippen molar-refractivity contribution in [3.8, 4) is 11.5 Å². The Morgan fingerprint density at radius 2 is 2.05 bits per heavy atom. The number of rotatable bonds is 2. The second kappa shape index (κ2) is 5.91. The van der Waals surface area contributed by atoms with Gasteiger partial charge in [-0.2, -0.15) is 0 Å². The summed E-state index contributed by atoms with van der Waals surface area (Å²) >= 11 is 0. The summed E-state index contributed by atoms with van der Waals surface area (Å²) in [5.41, 5.74) is 4.66. The summed E-state index contributed by atoms with van der Waals surface area (Å²) in [4.78, 5) is 0. The molecule has 2 rings (SSSR count). The van der Waals surface area contributed by atoms with E-state index in [4.69, 9.17) is 0 Å². The summed E-state index contributed by atoms with van der Waals surface area (Å²) in [5, 5.41) is 20.7. The zero-order valence-electron chi connectivity index (χ0n) is 14.1. The number of fused-ring (bicyclic) bond motifs is 1. The van der Waals surface area contributed by atoms with Crippen LogP contribution in [0.3, 0.4) is 0 Å². The fraction of sp³-hybridized carbons (Fsp3) is 0.778. The summed E-state index contributed by atoms with van der Waals surface area (Å²) < 4.78 is 0. The van der Waals surface area contributed by atoms with Gasteiger partial charge in [0.05, 0.1) is 6.10 Å². The van der Waals surface area contributed by atoms with Crippen molar-refractivity contribution >= 4 is 8.07 Å². The van der Waals surface area contributed by atoms with Gasteiger partial charge in [-0.15, -0.1) is 5.54 Å². The molecule has 2 aliphatic carbocycles. The van der Waals surface area contributed by atoms with E-state index in [2.05, 4.69) is 51.0 Å². The fourth-order valence-corrected chi connectivity index (χ4v) is 4.62. The highest BCUT2D eigenvalue weighted by Crippen LogP contribution is 2.54. The van der Waals surface area contributed by atoms with Gasteiger partial charge in [-0.3, -0.25) is 0 Å². The van der Waals surface area contributed by atoms with E-state index in [0.29, 0.717) is 5.92 Å². The maximum Gasteiger partial charge on any atom is 0.129 e. The maximum absolute atomic E-state index is 10.5. The van der Waals surface area contributed by atoms with E-state index in [1.807, 2.05) is 0 Å². The largest absolute Gasteiger partial charge is 0.393 e. The Morgan fingerprint density at radius 1 is 1.38 bits per heavy atom. The van der Waals surface area contributed by atoms with E-state index in [9.17, 15) is 10.2 Å².